The molecule has 108 valence electrons. The summed E-state index contributed by atoms with van der Waals surface area (Å²) in [5, 5.41) is 0. The number of hydrogen-bond acceptors (Lipinski definition) is 3. The van der Waals surface area contributed by atoms with Gasteiger partial charge in [0.25, 0.3) is 0 Å². The van der Waals surface area contributed by atoms with Crippen molar-refractivity contribution in [3.63, 3.8) is 0 Å². The molecule has 2 fully saturated rings. The fraction of sp³-hybridized carbons (Fsp3) is 0.857. The van der Waals surface area contributed by atoms with Gasteiger partial charge in [-0.15, -0.1) is 0 Å². The number of rotatable bonds is 3. The van der Waals surface area contributed by atoms with E-state index in [1.165, 1.54) is 0 Å². The second kappa shape index (κ2) is 6.89. The molecule has 5 nitrogen and oxygen atoms in total. The third-order valence-corrected chi connectivity index (χ3v) is 4.22. The lowest BCUT2D eigenvalue weighted by Crippen LogP contribution is -2.47. The van der Waals surface area contributed by atoms with E-state index in [9.17, 15) is 9.59 Å². The lowest BCUT2D eigenvalue weighted by atomic mass is 10.1. The van der Waals surface area contributed by atoms with Gasteiger partial charge in [0.15, 0.2) is 0 Å². The van der Waals surface area contributed by atoms with Crippen LogP contribution in [0.5, 0.6) is 0 Å². The van der Waals surface area contributed by atoms with Crippen LogP contribution in [-0.4, -0.2) is 53.8 Å². The molecule has 2 aliphatic heterocycles. The molecule has 5 heteroatoms. The van der Waals surface area contributed by atoms with E-state index < -0.39 is 0 Å². The SMILES string of the molecule is NCC1CCCN1C(=O)CN1CCCCCCC1=O. The van der Waals surface area contributed by atoms with Crippen molar-refractivity contribution in [2.45, 2.75) is 51.0 Å². The molecule has 0 saturated carbocycles. The zero-order valence-corrected chi connectivity index (χ0v) is 11.6. The summed E-state index contributed by atoms with van der Waals surface area (Å²) < 4.78 is 0. The highest BCUT2D eigenvalue weighted by Crippen LogP contribution is 2.17. The van der Waals surface area contributed by atoms with Crippen LogP contribution in [0.2, 0.25) is 0 Å². The van der Waals surface area contributed by atoms with Crippen molar-refractivity contribution in [2.24, 2.45) is 5.73 Å². The van der Waals surface area contributed by atoms with Gasteiger partial charge in [0.05, 0.1) is 6.54 Å². The summed E-state index contributed by atoms with van der Waals surface area (Å²) in [5.74, 6) is 0.207. The molecule has 0 spiro atoms. The van der Waals surface area contributed by atoms with Crippen molar-refractivity contribution in [1.29, 1.82) is 0 Å². The summed E-state index contributed by atoms with van der Waals surface area (Å²) in [4.78, 5) is 27.9. The maximum atomic E-state index is 12.3. The van der Waals surface area contributed by atoms with Gasteiger partial charge in [-0.05, 0) is 25.7 Å². The first-order chi connectivity index (χ1) is 9.22. The number of likely N-dealkylation sites (tertiary alicyclic amines) is 2. The molecule has 0 aromatic rings. The van der Waals surface area contributed by atoms with E-state index in [-0.39, 0.29) is 24.4 Å². The Morgan fingerprint density at radius 3 is 2.74 bits per heavy atom. The van der Waals surface area contributed by atoms with Gasteiger partial charge >= 0.3 is 0 Å². The van der Waals surface area contributed by atoms with Crippen LogP contribution in [0.4, 0.5) is 0 Å². The first kappa shape index (κ1) is 14.3. The Bertz CT molecular complexity index is 333. The van der Waals surface area contributed by atoms with Crippen molar-refractivity contribution in [3.8, 4) is 0 Å². The summed E-state index contributed by atoms with van der Waals surface area (Å²) in [6.07, 6.45) is 6.88. The lowest BCUT2D eigenvalue weighted by Gasteiger charge is -2.29. The molecule has 2 saturated heterocycles. The molecule has 0 aromatic heterocycles. The first-order valence-electron chi connectivity index (χ1n) is 7.49. The average Bonchev–Trinajstić information content (AvgIpc) is 2.86. The predicted octanol–water partition coefficient (Wildman–Crippen LogP) is 0.729. The van der Waals surface area contributed by atoms with E-state index in [0.717, 1.165) is 51.6 Å². The number of amides is 2. The molecular formula is C14H25N3O2. The highest BCUT2D eigenvalue weighted by Gasteiger charge is 2.29. The maximum Gasteiger partial charge on any atom is 0.242 e. The minimum absolute atomic E-state index is 0.0712. The van der Waals surface area contributed by atoms with Gasteiger partial charge in [0.2, 0.25) is 11.8 Å². The van der Waals surface area contributed by atoms with Gasteiger partial charge in [-0.25, -0.2) is 0 Å². The van der Waals surface area contributed by atoms with Crippen LogP contribution < -0.4 is 5.73 Å². The van der Waals surface area contributed by atoms with Crippen molar-refractivity contribution in [2.75, 3.05) is 26.2 Å². The predicted molar refractivity (Wildman–Crippen MR) is 73.5 cm³/mol. The first-order valence-corrected chi connectivity index (χ1v) is 7.49. The minimum atomic E-state index is 0.0712. The smallest absolute Gasteiger partial charge is 0.242 e. The lowest BCUT2D eigenvalue weighted by molar-refractivity contribution is -0.141. The number of nitrogens with zero attached hydrogens (tertiary/aromatic N) is 2. The quantitative estimate of drug-likeness (QED) is 0.819. The van der Waals surface area contributed by atoms with Crippen LogP contribution >= 0.6 is 0 Å². The van der Waals surface area contributed by atoms with E-state index in [0.29, 0.717) is 13.0 Å². The van der Waals surface area contributed by atoms with Crippen LogP contribution in [0.25, 0.3) is 0 Å². The van der Waals surface area contributed by atoms with E-state index in [2.05, 4.69) is 0 Å². The van der Waals surface area contributed by atoms with E-state index in [1.807, 2.05) is 4.90 Å². The largest absolute Gasteiger partial charge is 0.337 e. The van der Waals surface area contributed by atoms with Crippen molar-refractivity contribution in [1.82, 2.24) is 9.80 Å². The van der Waals surface area contributed by atoms with Crippen LogP contribution in [0.3, 0.4) is 0 Å². The maximum absolute atomic E-state index is 12.3. The Morgan fingerprint density at radius 1 is 1.16 bits per heavy atom. The van der Waals surface area contributed by atoms with Gasteiger partial charge in [-0.2, -0.15) is 0 Å². The molecule has 0 bridgehead atoms. The Balaban J connectivity index is 1.90. The number of carbonyl (C=O) groups excluding carboxylic acids is 2. The molecule has 2 rings (SSSR count). The van der Waals surface area contributed by atoms with Crippen molar-refractivity contribution < 1.29 is 9.59 Å². The number of hydrogen-bond donors (Lipinski definition) is 1. The fourth-order valence-corrected chi connectivity index (χ4v) is 3.05. The molecule has 1 atom stereocenters. The minimum Gasteiger partial charge on any atom is -0.337 e. The average molecular weight is 267 g/mol. The number of carbonyl (C=O) groups is 2. The monoisotopic (exact) mass is 267 g/mol. The molecule has 2 N–H and O–H groups in total. The molecule has 2 amide bonds. The Morgan fingerprint density at radius 2 is 1.95 bits per heavy atom. The van der Waals surface area contributed by atoms with Crippen LogP contribution in [0.15, 0.2) is 0 Å². The molecular weight excluding hydrogens is 242 g/mol. The van der Waals surface area contributed by atoms with Gasteiger partial charge in [-0.3, -0.25) is 9.59 Å². The molecule has 2 aliphatic rings. The summed E-state index contributed by atoms with van der Waals surface area (Å²) >= 11 is 0. The summed E-state index contributed by atoms with van der Waals surface area (Å²) in [6, 6.07) is 0.178. The van der Waals surface area contributed by atoms with E-state index in [1.54, 1.807) is 4.90 Å². The summed E-state index contributed by atoms with van der Waals surface area (Å²) in [7, 11) is 0. The third kappa shape index (κ3) is 3.69. The van der Waals surface area contributed by atoms with E-state index in [4.69, 9.17) is 5.73 Å². The normalized spacial score (nSPS) is 25.3. The topological polar surface area (TPSA) is 66.6 Å². The van der Waals surface area contributed by atoms with Crippen LogP contribution in [-0.2, 0) is 9.59 Å². The Hall–Kier alpha value is -1.10. The van der Waals surface area contributed by atoms with Gasteiger partial charge < -0.3 is 15.5 Å². The highest BCUT2D eigenvalue weighted by atomic mass is 16.2. The highest BCUT2D eigenvalue weighted by molar-refractivity contribution is 5.85. The summed E-state index contributed by atoms with van der Waals surface area (Å²) in [5.41, 5.74) is 5.69. The van der Waals surface area contributed by atoms with Gasteiger partial charge in [0.1, 0.15) is 0 Å². The van der Waals surface area contributed by atoms with E-state index >= 15 is 0 Å². The molecule has 19 heavy (non-hydrogen) atoms. The zero-order chi connectivity index (χ0) is 13.7. The molecule has 0 radical (unpaired) electrons. The Labute approximate surface area is 115 Å². The van der Waals surface area contributed by atoms with Crippen LogP contribution in [0.1, 0.15) is 44.9 Å². The Kier molecular flexibility index (Phi) is 5.19. The molecule has 1 unspecified atom stereocenters. The second-order valence-electron chi connectivity index (χ2n) is 5.60. The third-order valence-electron chi connectivity index (χ3n) is 4.22. The number of nitrogens with two attached hydrogens (primary N) is 1. The molecule has 0 aliphatic carbocycles. The second-order valence-corrected chi connectivity index (χ2v) is 5.60. The van der Waals surface area contributed by atoms with Crippen molar-refractivity contribution in [3.05, 3.63) is 0 Å². The molecule has 2 heterocycles. The standard InChI is InChI=1S/C14H25N3O2/c15-10-12-6-5-9-17(12)14(19)11-16-8-4-2-1-3-7-13(16)18/h12H,1-11,15H2. The summed E-state index contributed by atoms with van der Waals surface area (Å²) in [6.45, 7) is 2.30. The van der Waals surface area contributed by atoms with Crippen LogP contribution in [0, 0.1) is 0 Å². The zero-order valence-electron chi connectivity index (χ0n) is 11.6. The van der Waals surface area contributed by atoms with Gasteiger partial charge in [0, 0.05) is 32.1 Å². The van der Waals surface area contributed by atoms with Crippen molar-refractivity contribution >= 4 is 11.8 Å². The fourth-order valence-electron chi connectivity index (χ4n) is 3.05. The molecule has 0 aromatic carbocycles. The van der Waals surface area contributed by atoms with Gasteiger partial charge in [-0.1, -0.05) is 12.8 Å².